The number of amides is 1. The molecule has 0 saturated heterocycles. The third-order valence-corrected chi connectivity index (χ3v) is 3.68. The van der Waals surface area contributed by atoms with Crippen LogP contribution >= 0.6 is 15.9 Å². The Hall–Kier alpha value is -2.07. The van der Waals surface area contributed by atoms with E-state index < -0.39 is 0 Å². The molecule has 3 aromatic rings. The lowest BCUT2D eigenvalue weighted by Gasteiger charge is -2.04. The fourth-order valence-electron chi connectivity index (χ4n) is 2.16. The number of H-pyrrole nitrogens is 1. The summed E-state index contributed by atoms with van der Waals surface area (Å²) in [7, 11) is 0. The minimum Gasteiger partial charge on any atom is -0.360 e. The lowest BCUT2D eigenvalue weighted by Crippen LogP contribution is -2.22. The fourth-order valence-corrected chi connectivity index (χ4v) is 2.52. The summed E-state index contributed by atoms with van der Waals surface area (Å²) in [6.45, 7) is 0.531. The van der Waals surface area contributed by atoms with Gasteiger partial charge in [-0.15, -0.1) is 0 Å². The first-order valence-corrected chi connectivity index (χ1v) is 7.12. The van der Waals surface area contributed by atoms with Gasteiger partial charge in [-0.2, -0.15) is 0 Å². The van der Waals surface area contributed by atoms with Gasteiger partial charge in [-0.3, -0.25) is 4.79 Å². The number of aromatic amines is 1. The van der Waals surface area contributed by atoms with Crippen LogP contribution in [-0.4, -0.2) is 10.9 Å². The number of aromatic nitrogens is 1. The minimum absolute atomic E-state index is 0.0672. The average Bonchev–Trinajstić information content (AvgIpc) is 2.89. The number of rotatable bonds is 3. The van der Waals surface area contributed by atoms with Crippen molar-refractivity contribution in [2.24, 2.45) is 0 Å². The quantitative estimate of drug-likeness (QED) is 0.753. The molecule has 0 atom stereocenters. The number of carbonyl (C=O) groups is 1. The van der Waals surface area contributed by atoms with E-state index in [-0.39, 0.29) is 5.91 Å². The average molecular weight is 329 g/mol. The van der Waals surface area contributed by atoms with E-state index in [0.717, 1.165) is 20.9 Å². The van der Waals surface area contributed by atoms with Gasteiger partial charge < -0.3 is 10.3 Å². The first-order chi connectivity index (χ1) is 9.74. The van der Waals surface area contributed by atoms with Crippen LogP contribution in [0.4, 0.5) is 0 Å². The van der Waals surface area contributed by atoms with Crippen molar-refractivity contribution >= 4 is 32.7 Å². The van der Waals surface area contributed by atoms with Crippen molar-refractivity contribution in [1.82, 2.24) is 10.3 Å². The highest BCUT2D eigenvalue weighted by atomic mass is 79.9. The van der Waals surface area contributed by atoms with Crippen molar-refractivity contribution in [2.75, 3.05) is 0 Å². The van der Waals surface area contributed by atoms with Crippen molar-refractivity contribution in [1.29, 1.82) is 0 Å². The third-order valence-electron chi connectivity index (χ3n) is 3.18. The second kappa shape index (κ2) is 5.51. The monoisotopic (exact) mass is 328 g/mol. The molecule has 1 heterocycles. The molecule has 2 aromatic carbocycles. The van der Waals surface area contributed by atoms with Crippen molar-refractivity contribution in [3.05, 3.63) is 70.3 Å². The molecule has 0 aliphatic heterocycles. The number of hydrogen-bond donors (Lipinski definition) is 2. The van der Waals surface area contributed by atoms with E-state index in [9.17, 15) is 4.79 Å². The zero-order valence-electron chi connectivity index (χ0n) is 10.7. The highest BCUT2D eigenvalue weighted by molar-refractivity contribution is 9.10. The maximum Gasteiger partial charge on any atom is 0.253 e. The maximum atomic E-state index is 12.2. The smallest absolute Gasteiger partial charge is 0.253 e. The molecule has 0 aliphatic rings. The minimum atomic E-state index is -0.0672. The van der Waals surface area contributed by atoms with E-state index in [0.29, 0.717) is 12.1 Å². The Labute approximate surface area is 125 Å². The summed E-state index contributed by atoms with van der Waals surface area (Å²) in [6, 6.07) is 15.7. The molecule has 0 spiro atoms. The number of benzene rings is 2. The van der Waals surface area contributed by atoms with Crippen LogP contribution < -0.4 is 5.32 Å². The van der Waals surface area contributed by atoms with Gasteiger partial charge in [-0.25, -0.2) is 0 Å². The van der Waals surface area contributed by atoms with Crippen molar-refractivity contribution < 1.29 is 4.79 Å². The Balaban J connectivity index is 1.79. The van der Waals surface area contributed by atoms with Crippen LogP contribution in [0.15, 0.2) is 59.2 Å². The van der Waals surface area contributed by atoms with Gasteiger partial charge in [-0.05, 0) is 17.7 Å². The largest absolute Gasteiger partial charge is 0.360 e. The molecule has 2 N–H and O–H groups in total. The van der Waals surface area contributed by atoms with Crippen LogP contribution in [0.3, 0.4) is 0 Å². The fraction of sp³-hybridized carbons (Fsp3) is 0.0625. The van der Waals surface area contributed by atoms with E-state index in [2.05, 4.69) is 26.2 Å². The highest BCUT2D eigenvalue weighted by Crippen LogP contribution is 2.22. The highest BCUT2D eigenvalue weighted by Gasteiger charge is 2.11. The third kappa shape index (κ3) is 2.60. The van der Waals surface area contributed by atoms with Crippen LogP contribution in [0.2, 0.25) is 0 Å². The predicted molar refractivity (Wildman–Crippen MR) is 83.6 cm³/mol. The summed E-state index contributed by atoms with van der Waals surface area (Å²) >= 11 is 3.42. The zero-order valence-corrected chi connectivity index (χ0v) is 12.3. The first-order valence-electron chi connectivity index (χ1n) is 6.33. The van der Waals surface area contributed by atoms with Gasteiger partial charge in [0.2, 0.25) is 0 Å². The number of hydrogen-bond acceptors (Lipinski definition) is 1. The van der Waals surface area contributed by atoms with Gasteiger partial charge in [-0.1, -0.05) is 52.3 Å². The summed E-state index contributed by atoms with van der Waals surface area (Å²) in [5.41, 5.74) is 2.70. The molecule has 100 valence electrons. The van der Waals surface area contributed by atoms with Gasteiger partial charge in [0.1, 0.15) is 0 Å². The Morgan fingerprint density at radius 1 is 1.15 bits per heavy atom. The van der Waals surface area contributed by atoms with E-state index >= 15 is 0 Å². The summed E-state index contributed by atoms with van der Waals surface area (Å²) in [5.74, 6) is -0.0672. The molecule has 3 nitrogen and oxygen atoms in total. The second-order valence-corrected chi connectivity index (χ2v) is 5.48. The van der Waals surface area contributed by atoms with Gasteiger partial charge in [0, 0.05) is 28.1 Å². The number of nitrogens with one attached hydrogen (secondary N) is 2. The predicted octanol–water partition coefficient (Wildman–Crippen LogP) is 3.86. The SMILES string of the molecule is O=C(NCc1ccccc1)c1c[nH]c2cc(Br)ccc12. The Morgan fingerprint density at radius 3 is 2.75 bits per heavy atom. The molecule has 0 bridgehead atoms. The van der Waals surface area contributed by atoms with Gasteiger partial charge >= 0.3 is 0 Å². The Morgan fingerprint density at radius 2 is 1.95 bits per heavy atom. The molecule has 3 rings (SSSR count). The second-order valence-electron chi connectivity index (χ2n) is 4.56. The molecule has 0 fully saturated rings. The van der Waals surface area contributed by atoms with Crippen LogP contribution in [0.1, 0.15) is 15.9 Å². The molecule has 0 saturated carbocycles. The lowest BCUT2D eigenvalue weighted by atomic mass is 10.1. The standard InChI is InChI=1S/C16H13BrN2O/c17-12-6-7-13-14(10-18-15(13)8-12)16(20)19-9-11-4-2-1-3-5-11/h1-8,10,18H,9H2,(H,19,20). The Bertz CT molecular complexity index is 750. The summed E-state index contributed by atoms with van der Waals surface area (Å²) in [5, 5.41) is 3.87. The van der Waals surface area contributed by atoms with Crippen LogP contribution in [0.25, 0.3) is 10.9 Å². The number of fused-ring (bicyclic) bond motifs is 1. The normalized spacial score (nSPS) is 10.7. The zero-order chi connectivity index (χ0) is 13.9. The molecule has 0 aliphatic carbocycles. The first kappa shape index (κ1) is 12.9. The van der Waals surface area contributed by atoms with E-state index in [4.69, 9.17) is 0 Å². The van der Waals surface area contributed by atoms with Crippen molar-refractivity contribution in [3.8, 4) is 0 Å². The lowest BCUT2D eigenvalue weighted by molar-refractivity contribution is 0.0952. The van der Waals surface area contributed by atoms with Crippen LogP contribution in [-0.2, 0) is 6.54 Å². The summed E-state index contributed by atoms with van der Waals surface area (Å²) in [4.78, 5) is 15.4. The molecule has 0 radical (unpaired) electrons. The molecular formula is C16H13BrN2O. The molecule has 20 heavy (non-hydrogen) atoms. The summed E-state index contributed by atoms with van der Waals surface area (Å²) < 4.78 is 0.989. The van der Waals surface area contributed by atoms with E-state index in [1.165, 1.54) is 0 Å². The van der Waals surface area contributed by atoms with Gasteiger partial charge in [0.15, 0.2) is 0 Å². The van der Waals surface area contributed by atoms with Gasteiger partial charge in [0.25, 0.3) is 5.91 Å². The molecule has 0 unspecified atom stereocenters. The van der Waals surface area contributed by atoms with Crippen molar-refractivity contribution in [2.45, 2.75) is 6.54 Å². The Kier molecular flexibility index (Phi) is 3.56. The van der Waals surface area contributed by atoms with Crippen molar-refractivity contribution in [3.63, 3.8) is 0 Å². The van der Waals surface area contributed by atoms with E-state index in [1.54, 1.807) is 6.20 Å². The molecule has 1 amide bonds. The van der Waals surface area contributed by atoms with E-state index in [1.807, 2.05) is 48.5 Å². The summed E-state index contributed by atoms with van der Waals surface area (Å²) in [6.07, 6.45) is 1.75. The molecular weight excluding hydrogens is 316 g/mol. The van der Waals surface area contributed by atoms with Crippen LogP contribution in [0.5, 0.6) is 0 Å². The van der Waals surface area contributed by atoms with Crippen LogP contribution in [0, 0.1) is 0 Å². The maximum absolute atomic E-state index is 12.2. The topological polar surface area (TPSA) is 44.9 Å². The molecule has 4 heteroatoms. The number of halogens is 1. The molecule has 1 aromatic heterocycles. The number of carbonyl (C=O) groups excluding carboxylic acids is 1. The van der Waals surface area contributed by atoms with Gasteiger partial charge in [0.05, 0.1) is 5.56 Å².